The van der Waals surface area contributed by atoms with Crippen LogP contribution in [0.15, 0.2) is 37.0 Å². The summed E-state index contributed by atoms with van der Waals surface area (Å²) in [7, 11) is 3.12. The molecule has 0 radical (unpaired) electrons. The molecule has 0 bridgehead atoms. The van der Waals surface area contributed by atoms with Crippen LogP contribution in [0.3, 0.4) is 0 Å². The standard InChI is InChI=1S/C8H19N3O.C7H10.CH5N/c1-4-11(5-2)7-6-10-8(12)9-3;1-3-5-7-6-4-2;1-2/h4-7H2,1-3H3,(H2,9,10,12);3-7H,1H2,2H3;2H2,1H3/b;6-4-,7-5-;. The first kappa shape index (κ1) is 24.4. The molecule has 0 atom stereocenters. The van der Waals surface area contributed by atoms with E-state index in [0.717, 1.165) is 19.6 Å². The van der Waals surface area contributed by atoms with Crippen LogP contribution in [0.5, 0.6) is 0 Å². The number of allylic oxidation sites excluding steroid dienone is 5. The van der Waals surface area contributed by atoms with Gasteiger partial charge >= 0.3 is 6.03 Å². The number of rotatable bonds is 7. The lowest BCUT2D eigenvalue weighted by molar-refractivity contribution is 0.239. The SMILES string of the molecule is C=C/C=C\C=C/C.CCN(CC)CCNC(=O)NC.CN. The Morgan fingerprint density at radius 1 is 1.19 bits per heavy atom. The number of likely N-dealkylation sites (N-methyl/N-ethyl adjacent to an activating group) is 1. The number of nitrogens with two attached hydrogens (primary N) is 1. The fourth-order valence-electron chi connectivity index (χ4n) is 1.21. The third-order valence-electron chi connectivity index (χ3n) is 2.39. The summed E-state index contributed by atoms with van der Waals surface area (Å²) in [5.41, 5.74) is 4.50. The highest BCUT2D eigenvalue weighted by molar-refractivity contribution is 5.73. The minimum atomic E-state index is -0.109. The Bertz CT molecular complexity index is 271. The van der Waals surface area contributed by atoms with E-state index in [1.165, 1.54) is 7.05 Å². The normalized spacial score (nSPS) is 9.67. The molecule has 0 rings (SSSR count). The van der Waals surface area contributed by atoms with Crippen molar-refractivity contribution in [3.63, 3.8) is 0 Å². The topological polar surface area (TPSA) is 70.4 Å². The molecule has 5 nitrogen and oxygen atoms in total. The number of nitrogens with one attached hydrogen (secondary N) is 2. The number of carbonyl (C=O) groups is 1. The number of urea groups is 1. The summed E-state index contributed by atoms with van der Waals surface area (Å²) >= 11 is 0. The van der Waals surface area contributed by atoms with Crippen molar-refractivity contribution in [2.45, 2.75) is 20.8 Å². The predicted octanol–water partition coefficient (Wildman–Crippen LogP) is 2.14. The van der Waals surface area contributed by atoms with Gasteiger partial charge < -0.3 is 21.3 Å². The quantitative estimate of drug-likeness (QED) is 0.631. The van der Waals surface area contributed by atoms with Crippen molar-refractivity contribution >= 4 is 6.03 Å². The number of hydrogen-bond donors (Lipinski definition) is 3. The van der Waals surface area contributed by atoms with Crippen molar-refractivity contribution in [2.24, 2.45) is 5.73 Å². The van der Waals surface area contributed by atoms with Gasteiger partial charge in [-0.15, -0.1) is 0 Å². The van der Waals surface area contributed by atoms with Crippen LogP contribution < -0.4 is 16.4 Å². The zero-order valence-corrected chi connectivity index (χ0v) is 14.4. The van der Waals surface area contributed by atoms with Crippen molar-refractivity contribution in [2.75, 3.05) is 40.3 Å². The summed E-state index contributed by atoms with van der Waals surface area (Å²) in [5.74, 6) is 0. The van der Waals surface area contributed by atoms with Crippen LogP contribution in [-0.2, 0) is 0 Å². The Labute approximate surface area is 131 Å². The minimum absolute atomic E-state index is 0.109. The van der Waals surface area contributed by atoms with E-state index in [4.69, 9.17) is 0 Å². The lowest BCUT2D eigenvalue weighted by Gasteiger charge is -2.17. The molecule has 124 valence electrons. The van der Waals surface area contributed by atoms with Crippen molar-refractivity contribution < 1.29 is 4.79 Å². The molecule has 0 aromatic carbocycles. The summed E-state index contributed by atoms with van der Waals surface area (Å²) in [5, 5.41) is 5.25. The summed E-state index contributed by atoms with van der Waals surface area (Å²) in [4.78, 5) is 13.0. The number of carbonyl (C=O) groups excluding carboxylic acids is 1. The van der Waals surface area contributed by atoms with Crippen LogP contribution in [0, 0.1) is 0 Å². The molecule has 0 heterocycles. The van der Waals surface area contributed by atoms with Gasteiger partial charge in [-0.25, -0.2) is 4.79 Å². The molecular weight excluding hydrogens is 264 g/mol. The largest absolute Gasteiger partial charge is 0.341 e. The molecule has 2 amide bonds. The fraction of sp³-hybridized carbons (Fsp3) is 0.562. The van der Waals surface area contributed by atoms with E-state index in [-0.39, 0.29) is 6.03 Å². The predicted molar refractivity (Wildman–Crippen MR) is 94.5 cm³/mol. The summed E-state index contributed by atoms with van der Waals surface area (Å²) < 4.78 is 0. The van der Waals surface area contributed by atoms with Gasteiger partial charge in [0.05, 0.1) is 0 Å². The van der Waals surface area contributed by atoms with Crippen LogP contribution in [0.2, 0.25) is 0 Å². The first-order valence-electron chi connectivity index (χ1n) is 7.32. The van der Waals surface area contributed by atoms with Crippen LogP contribution >= 0.6 is 0 Å². The molecule has 0 saturated heterocycles. The second-order valence-corrected chi connectivity index (χ2v) is 3.68. The molecule has 0 aliphatic heterocycles. The van der Waals surface area contributed by atoms with Gasteiger partial charge in [-0.2, -0.15) is 0 Å². The van der Waals surface area contributed by atoms with Crippen LogP contribution in [0.1, 0.15) is 20.8 Å². The Morgan fingerprint density at radius 3 is 2.14 bits per heavy atom. The highest BCUT2D eigenvalue weighted by atomic mass is 16.2. The lowest BCUT2D eigenvalue weighted by Crippen LogP contribution is -2.38. The molecular formula is C16H34N4O. The van der Waals surface area contributed by atoms with Gasteiger partial charge in [0.2, 0.25) is 0 Å². The van der Waals surface area contributed by atoms with E-state index in [2.05, 4.69) is 41.7 Å². The lowest BCUT2D eigenvalue weighted by atomic mass is 10.4. The molecule has 5 heteroatoms. The van der Waals surface area contributed by atoms with Gasteiger partial charge in [0, 0.05) is 20.1 Å². The molecule has 0 aliphatic carbocycles. The van der Waals surface area contributed by atoms with E-state index in [1.807, 2.05) is 31.2 Å². The molecule has 0 aliphatic rings. The van der Waals surface area contributed by atoms with Gasteiger partial charge in [0.15, 0.2) is 0 Å². The van der Waals surface area contributed by atoms with Crippen molar-refractivity contribution in [3.8, 4) is 0 Å². The minimum Gasteiger partial charge on any atom is -0.341 e. The fourth-order valence-corrected chi connectivity index (χ4v) is 1.21. The Balaban J connectivity index is -0.000000307. The van der Waals surface area contributed by atoms with Crippen LogP contribution in [-0.4, -0.2) is 51.2 Å². The highest BCUT2D eigenvalue weighted by Crippen LogP contribution is 1.83. The maximum absolute atomic E-state index is 10.7. The Hall–Kier alpha value is -1.59. The second-order valence-electron chi connectivity index (χ2n) is 3.68. The average Bonchev–Trinajstić information content (AvgIpc) is 2.54. The maximum Gasteiger partial charge on any atom is 0.314 e. The number of amides is 2. The third kappa shape index (κ3) is 23.9. The van der Waals surface area contributed by atoms with E-state index in [1.54, 1.807) is 13.1 Å². The molecule has 0 unspecified atom stereocenters. The Kier molecular flexibility index (Phi) is 27.3. The van der Waals surface area contributed by atoms with Gasteiger partial charge in [0.25, 0.3) is 0 Å². The maximum atomic E-state index is 10.7. The smallest absolute Gasteiger partial charge is 0.314 e. The number of hydrogen-bond acceptors (Lipinski definition) is 3. The van der Waals surface area contributed by atoms with Crippen LogP contribution in [0.25, 0.3) is 0 Å². The van der Waals surface area contributed by atoms with Crippen molar-refractivity contribution in [3.05, 3.63) is 37.0 Å². The van der Waals surface area contributed by atoms with E-state index in [9.17, 15) is 4.79 Å². The van der Waals surface area contributed by atoms with E-state index in [0.29, 0.717) is 6.54 Å². The molecule has 0 spiro atoms. The first-order chi connectivity index (χ1) is 10.2. The summed E-state index contributed by atoms with van der Waals surface area (Å²) in [6, 6.07) is -0.109. The van der Waals surface area contributed by atoms with Gasteiger partial charge in [-0.1, -0.05) is 50.8 Å². The highest BCUT2D eigenvalue weighted by Gasteiger charge is 1.99. The molecule has 4 N–H and O–H groups in total. The second kappa shape index (κ2) is 23.5. The first-order valence-corrected chi connectivity index (χ1v) is 7.32. The molecule has 21 heavy (non-hydrogen) atoms. The summed E-state index contributed by atoms with van der Waals surface area (Å²) in [6.07, 6.45) is 9.51. The van der Waals surface area contributed by atoms with E-state index < -0.39 is 0 Å². The molecule has 0 aromatic heterocycles. The Morgan fingerprint density at radius 2 is 1.76 bits per heavy atom. The van der Waals surface area contributed by atoms with Gasteiger partial charge in [-0.05, 0) is 27.1 Å². The zero-order valence-electron chi connectivity index (χ0n) is 14.4. The van der Waals surface area contributed by atoms with Crippen molar-refractivity contribution in [1.29, 1.82) is 0 Å². The monoisotopic (exact) mass is 298 g/mol. The van der Waals surface area contributed by atoms with Crippen molar-refractivity contribution in [1.82, 2.24) is 15.5 Å². The third-order valence-corrected chi connectivity index (χ3v) is 2.39. The number of nitrogens with zero attached hydrogens (tertiary/aromatic N) is 1. The van der Waals surface area contributed by atoms with Crippen LogP contribution in [0.4, 0.5) is 4.79 Å². The van der Waals surface area contributed by atoms with E-state index >= 15 is 0 Å². The zero-order chi connectivity index (χ0) is 16.9. The average molecular weight is 298 g/mol. The van der Waals surface area contributed by atoms with Gasteiger partial charge in [0.1, 0.15) is 0 Å². The molecule has 0 aromatic rings. The summed E-state index contributed by atoms with van der Waals surface area (Å²) in [6.45, 7) is 13.4. The molecule has 0 fully saturated rings. The van der Waals surface area contributed by atoms with Gasteiger partial charge in [-0.3, -0.25) is 0 Å². The molecule has 0 saturated carbocycles.